The molecule has 1 amide bonds. The van der Waals surface area contributed by atoms with E-state index >= 15 is 0 Å². The zero-order valence-corrected chi connectivity index (χ0v) is 13.8. The number of aliphatic hydroxyl groups is 1. The quantitative estimate of drug-likeness (QED) is 0.924. The number of furan rings is 1. The first kappa shape index (κ1) is 16.5. The van der Waals surface area contributed by atoms with Gasteiger partial charge in [0.25, 0.3) is 5.91 Å². The molecule has 1 unspecified atom stereocenters. The summed E-state index contributed by atoms with van der Waals surface area (Å²) in [5.41, 5.74) is 0.934. The first-order chi connectivity index (χ1) is 12.0. The average Bonchev–Trinajstić information content (AvgIpc) is 3.22. The van der Waals surface area contributed by atoms with E-state index in [1.54, 1.807) is 50.2 Å². The highest BCUT2D eigenvalue weighted by Gasteiger charge is 2.46. The van der Waals surface area contributed by atoms with E-state index in [4.69, 9.17) is 9.68 Å². The minimum atomic E-state index is -0.842. The second-order valence-corrected chi connectivity index (χ2v) is 6.03. The fourth-order valence-electron chi connectivity index (χ4n) is 2.85. The van der Waals surface area contributed by atoms with Crippen LogP contribution >= 0.6 is 0 Å². The molecule has 2 aromatic rings. The maximum absolute atomic E-state index is 12.7. The highest BCUT2D eigenvalue weighted by Crippen LogP contribution is 2.41. The highest BCUT2D eigenvalue weighted by molar-refractivity contribution is 6.16. The molecule has 1 atom stereocenters. The van der Waals surface area contributed by atoms with Crippen molar-refractivity contribution in [3.8, 4) is 6.07 Å². The van der Waals surface area contributed by atoms with Crippen molar-refractivity contribution in [1.82, 2.24) is 0 Å². The lowest BCUT2D eigenvalue weighted by atomic mass is 9.94. The minimum Gasteiger partial charge on any atom is -0.503 e. The summed E-state index contributed by atoms with van der Waals surface area (Å²) in [6, 6.07) is 10.8. The summed E-state index contributed by atoms with van der Waals surface area (Å²) in [6.45, 7) is 3.41. The van der Waals surface area contributed by atoms with E-state index in [1.807, 2.05) is 6.07 Å². The number of aliphatic hydroxyl groups excluding tert-OH is 1. The van der Waals surface area contributed by atoms with E-state index in [0.717, 1.165) is 0 Å². The number of benzene rings is 1. The maximum Gasteiger partial charge on any atom is 0.294 e. The van der Waals surface area contributed by atoms with Crippen LogP contribution in [0.2, 0.25) is 0 Å². The van der Waals surface area contributed by atoms with Gasteiger partial charge in [-0.1, -0.05) is 13.8 Å². The number of anilines is 1. The van der Waals surface area contributed by atoms with Crippen LogP contribution in [-0.4, -0.2) is 16.8 Å². The van der Waals surface area contributed by atoms with Gasteiger partial charge in [-0.05, 0) is 36.4 Å². The number of ketones is 1. The highest BCUT2D eigenvalue weighted by atomic mass is 16.3. The number of Topliss-reactive ketones (excluding diaryl/α,β-unsaturated/α-hetero) is 1. The van der Waals surface area contributed by atoms with E-state index in [2.05, 4.69) is 0 Å². The molecule has 0 bridgehead atoms. The van der Waals surface area contributed by atoms with Crippen LogP contribution < -0.4 is 4.90 Å². The molecule has 1 aromatic heterocycles. The fourth-order valence-corrected chi connectivity index (χ4v) is 2.85. The van der Waals surface area contributed by atoms with Gasteiger partial charge in [-0.25, -0.2) is 0 Å². The Hall–Kier alpha value is -3.33. The SMILES string of the molecule is CC(C)C(=O)C1=C(O)C(=O)N(c2ccc(C#N)cc2)C1c1ccco1. The Morgan fingerprint density at radius 1 is 1.28 bits per heavy atom. The van der Waals surface area contributed by atoms with Crippen molar-refractivity contribution in [2.75, 3.05) is 4.90 Å². The number of nitrogens with zero attached hydrogens (tertiary/aromatic N) is 2. The molecule has 6 nitrogen and oxygen atoms in total. The van der Waals surface area contributed by atoms with Gasteiger partial charge in [0.2, 0.25) is 0 Å². The number of hydrogen-bond acceptors (Lipinski definition) is 5. The molecule has 3 rings (SSSR count). The molecule has 0 aliphatic carbocycles. The maximum atomic E-state index is 12.7. The normalized spacial score (nSPS) is 17.3. The van der Waals surface area contributed by atoms with Crippen molar-refractivity contribution in [1.29, 1.82) is 5.26 Å². The monoisotopic (exact) mass is 336 g/mol. The van der Waals surface area contributed by atoms with E-state index in [1.165, 1.54) is 11.2 Å². The lowest BCUT2D eigenvalue weighted by Crippen LogP contribution is -2.31. The molecule has 2 heterocycles. The van der Waals surface area contributed by atoms with Crippen LogP contribution in [0.4, 0.5) is 5.69 Å². The summed E-state index contributed by atoms with van der Waals surface area (Å²) in [7, 11) is 0. The zero-order chi connectivity index (χ0) is 18.1. The Morgan fingerprint density at radius 3 is 2.48 bits per heavy atom. The number of rotatable bonds is 4. The van der Waals surface area contributed by atoms with Gasteiger partial charge in [0.15, 0.2) is 11.5 Å². The van der Waals surface area contributed by atoms with Crippen molar-refractivity contribution >= 4 is 17.4 Å². The summed E-state index contributed by atoms with van der Waals surface area (Å²) in [4.78, 5) is 26.6. The van der Waals surface area contributed by atoms with Crippen LogP contribution in [0.1, 0.15) is 31.2 Å². The van der Waals surface area contributed by atoms with Crippen LogP contribution in [0.15, 0.2) is 58.4 Å². The molecular formula is C19H16N2O4. The van der Waals surface area contributed by atoms with Gasteiger partial charge < -0.3 is 9.52 Å². The molecule has 1 aromatic carbocycles. The molecule has 1 N–H and O–H groups in total. The predicted octanol–water partition coefficient (Wildman–Crippen LogP) is 3.28. The molecule has 6 heteroatoms. The molecule has 0 spiro atoms. The van der Waals surface area contributed by atoms with Gasteiger partial charge in [0.05, 0.1) is 23.5 Å². The second-order valence-electron chi connectivity index (χ2n) is 6.03. The second kappa shape index (κ2) is 6.29. The molecule has 0 radical (unpaired) electrons. The Balaban J connectivity index is 2.13. The van der Waals surface area contributed by atoms with Crippen LogP contribution in [-0.2, 0) is 9.59 Å². The molecular weight excluding hydrogens is 320 g/mol. The summed E-state index contributed by atoms with van der Waals surface area (Å²) in [6.07, 6.45) is 1.45. The first-order valence-corrected chi connectivity index (χ1v) is 7.80. The summed E-state index contributed by atoms with van der Waals surface area (Å²) < 4.78 is 5.43. The predicted molar refractivity (Wildman–Crippen MR) is 89.6 cm³/mol. The Kier molecular flexibility index (Phi) is 4.15. The molecule has 1 aliphatic heterocycles. The van der Waals surface area contributed by atoms with Crippen LogP contribution in [0.3, 0.4) is 0 Å². The van der Waals surface area contributed by atoms with Gasteiger partial charge >= 0.3 is 0 Å². The number of amides is 1. The first-order valence-electron chi connectivity index (χ1n) is 7.80. The number of hydrogen-bond donors (Lipinski definition) is 1. The van der Waals surface area contributed by atoms with Crippen LogP contribution in [0.5, 0.6) is 0 Å². The average molecular weight is 336 g/mol. The van der Waals surface area contributed by atoms with Crippen molar-refractivity contribution in [3.05, 3.63) is 65.3 Å². The standard InChI is InChI=1S/C19H16N2O4/c1-11(2)17(22)15-16(14-4-3-9-25-14)21(19(24)18(15)23)13-7-5-12(10-20)6-8-13/h3-9,11,16,23H,1-2H3. The van der Waals surface area contributed by atoms with E-state index in [9.17, 15) is 14.7 Å². The third-order valence-corrected chi connectivity index (χ3v) is 4.09. The lowest BCUT2D eigenvalue weighted by molar-refractivity contribution is -0.119. The number of nitriles is 1. The number of carbonyl (C=O) groups is 2. The van der Waals surface area contributed by atoms with Crippen LogP contribution in [0, 0.1) is 17.2 Å². The Bertz CT molecular complexity index is 887. The molecule has 1 aliphatic rings. The van der Waals surface area contributed by atoms with Gasteiger partial charge in [0.1, 0.15) is 11.8 Å². The van der Waals surface area contributed by atoms with Gasteiger partial charge in [-0.2, -0.15) is 5.26 Å². The smallest absolute Gasteiger partial charge is 0.294 e. The fraction of sp³-hybridized carbons (Fsp3) is 0.211. The van der Waals surface area contributed by atoms with E-state index < -0.39 is 17.7 Å². The third kappa shape index (κ3) is 2.70. The van der Waals surface area contributed by atoms with Gasteiger partial charge in [0, 0.05) is 11.6 Å². The van der Waals surface area contributed by atoms with E-state index in [-0.39, 0.29) is 17.3 Å². The van der Waals surface area contributed by atoms with Crippen molar-refractivity contribution in [2.45, 2.75) is 19.9 Å². The topological polar surface area (TPSA) is 94.5 Å². The molecule has 25 heavy (non-hydrogen) atoms. The Morgan fingerprint density at radius 2 is 1.96 bits per heavy atom. The van der Waals surface area contributed by atoms with Gasteiger partial charge in [-0.3, -0.25) is 14.5 Å². The lowest BCUT2D eigenvalue weighted by Gasteiger charge is -2.25. The summed E-state index contributed by atoms with van der Waals surface area (Å²) in [5.74, 6) is -1.56. The van der Waals surface area contributed by atoms with Gasteiger partial charge in [-0.15, -0.1) is 0 Å². The Labute approximate surface area is 144 Å². The van der Waals surface area contributed by atoms with Crippen LogP contribution in [0.25, 0.3) is 0 Å². The van der Waals surface area contributed by atoms with Crippen molar-refractivity contribution in [3.63, 3.8) is 0 Å². The van der Waals surface area contributed by atoms with Crippen molar-refractivity contribution < 1.29 is 19.1 Å². The molecule has 0 fully saturated rings. The summed E-state index contributed by atoms with van der Waals surface area (Å²) >= 11 is 0. The largest absolute Gasteiger partial charge is 0.503 e. The zero-order valence-electron chi connectivity index (χ0n) is 13.8. The molecule has 0 saturated carbocycles. The molecule has 126 valence electrons. The number of carbonyl (C=O) groups excluding carboxylic acids is 2. The third-order valence-electron chi connectivity index (χ3n) is 4.09. The minimum absolute atomic E-state index is 0.0271. The van der Waals surface area contributed by atoms with E-state index in [0.29, 0.717) is 17.0 Å². The summed E-state index contributed by atoms with van der Waals surface area (Å²) in [5, 5.41) is 19.3. The van der Waals surface area contributed by atoms with Crippen molar-refractivity contribution in [2.24, 2.45) is 5.92 Å². The molecule has 0 saturated heterocycles.